The van der Waals surface area contributed by atoms with Crippen LogP contribution in [0.15, 0.2) is 48.5 Å². The van der Waals surface area contributed by atoms with Crippen molar-refractivity contribution in [1.82, 2.24) is 5.32 Å². The van der Waals surface area contributed by atoms with Crippen LogP contribution < -0.4 is 10.1 Å². The topological polar surface area (TPSA) is 58.6 Å². The smallest absolute Gasteiger partial charge is 0.306 e. The van der Waals surface area contributed by atoms with E-state index >= 15 is 0 Å². The number of benzene rings is 2. The van der Waals surface area contributed by atoms with Crippen LogP contribution in [0.25, 0.3) is 0 Å². The second-order valence-corrected chi connectivity index (χ2v) is 7.21. The van der Waals surface area contributed by atoms with Gasteiger partial charge in [0.05, 0.1) is 13.0 Å². The number of hydrogen-bond acceptors (Lipinski definition) is 3. The summed E-state index contributed by atoms with van der Waals surface area (Å²) in [7, 11) is 1.64. The lowest BCUT2D eigenvalue weighted by atomic mass is 9.85. The molecule has 4 nitrogen and oxygen atoms in total. The van der Waals surface area contributed by atoms with Crippen molar-refractivity contribution in [2.24, 2.45) is 5.92 Å². The fourth-order valence-corrected chi connectivity index (χ4v) is 3.76. The number of nitrogens with one attached hydrogen (secondary N) is 1. The van der Waals surface area contributed by atoms with Crippen molar-refractivity contribution in [3.63, 3.8) is 0 Å². The molecule has 5 heteroatoms. The van der Waals surface area contributed by atoms with Crippen molar-refractivity contribution in [3.05, 3.63) is 65.5 Å². The fraction of sp³-hybridized carbons (Fsp3) is 0.409. The molecular formula is C22H26FNO3. The molecule has 1 fully saturated rings. The van der Waals surface area contributed by atoms with E-state index in [4.69, 9.17) is 4.74 Å². The second-order valence-electron chi connectivity index (χ2n) is 7.21. The van der Waals surface area contributed by atoms with Crippen LogP contribution in [0.1, 0.15) is 42.9 Å². The van der Waals surface area contributed by atoms with Gasteiger partial charge >= 0.3 is 5.97 Å². The number of aliphatic carboxylic acids is 1. The molecule has 0 heterocycles. The Hall–Kier alpha value is -2.40. The molecule has 1 aliphatic rings. The Morgan fingerprint density at radius 1 is 1.11 bits per heavy atom. The molecular weight excluding hydrogens is 345 g/mol. The standard InChI is InChI=1S/C22H26FNO3/c1-27-20-12-6-16(7-13-20)21(14-15-2-8-18(23)9-3-15)24-19-10-4-17(5-11-19)22(25)26/h2-3,6-9,12-13,17,19,21,24H,4-5,10-11,14H2,1H3,(H,25,26). The van der Waals surface area contributed by atoms with Crippen LogP contribution in [0.3, 0.4) is 0 Å². The number of carboxylic acids is 1. The van der Waals surface area contributed by atoms with Gasteiger partial charge in [0.2, 0.25) is 0 Å². The molecule has 3 rings (SSSR count). The summed E-state index contributed by atoms with van der Waals surface area (Å²) < 4.78 is 18.5. The van der Waals surface area contributed by atoms with Crippen LogP contribution in [0, 0.1) is 11.7 Å². The summed E-state index contributed by atoms with van der Waals surface area (Å²) >= 11 is 0. The normalized spacial score (nSPS) is 20.8. The number of halogens is 1. The highest BCUT2D eigenvalue weighted by molar-refractivity contribution is 5.70. The van der Waals surface area contributed by atoms with Crippen molar-refractivity contribution in [1.29, 1.82) is 0 Å². The monoisotopic (exact) mass is 371 g/mol. The van der Waals surface area contributed by atoms with Crippen LogP contribution in [-0.4, -0.2) is 24.2 Å². The zero-order valence-corrected chi connectivity index (χ0v) is 15.5. The van der Waals surface area contributed by atoms with E-state index in [1.165, 1.54) is 12.1 Å². The molecule has 0 amide bonds. The Morgan fingerprint density at radius 2 is 1.74 bits per heavy atom. The second kappa shape index (κ2) is 9.00. The minimum atomic E-state index is -0.688. The van der Waals surface area contributed by atoms with Gasteiger partial charge in [-0.1, -0.05) is 24.3 Å². The Balaban J connectivity index is 1.72. The van der Waals surface area contributed by atoms with E-state index in [1.807, 2.05) is 36.4 Å². The fourth-order valence-electron chi connectivity index (χ4n) is 3.76. The Morgan fingerprint density at radius 3 is 2.30 bits per heavy atom. The quantitative estimate of drug-likeness (QED) is 0.760. The van der Waals surface area contributed by atoms with E-state index in [2.05, 4.69) is 5.32 Å². The highest BCUT2D eigenvalue weighted by Crippen LogP contribution is 2.28. The Kier molecular flexibility index (Phi) is 6.45. The van der Waals surface area contributed by atoms with Crippen LogP contribution in [-0.2, 0) is 11.2 Å². The SMILES string of the molecule is COc1ccc(C(Cc2ccc(F)cc2)NC2CCC(C(=O)O)CC2)cc1. The van der Waals surface area contributed by atoms with Crippen LogP contribution >= 0.6 is 0 Å². The first-order chi connectivity index (χ1) is 13.0. The maximum Gasteiger partial charge on any atom is 0.306 e. The van der Waals surface area contributed by atoms with Gasteiger partial charge in [-0.2, -0.15) is 0 Å². The summed E-state index contributed by atoms with van der Waals surface area (Å²) in [6.45, 7) is 0. The van der Waals surface area contributed by atoms with Crippen molar-refractivity contribution >= 4 is 5.97 Å². The summed E-state index contributed by atoms with van der Waals surface area (Å²) in [5, 5.41) is 12.9. The van der Waals surface area contributed by atoms with Gasteiger partial charge < -0.3 is 15.2 Å². The molecule has 2 N–H and O–H groups in total. The summed E-state index contributed by atoms with van der Waals surface area (Å²) in [6, 6.07) is 14.9. The van der Waals surface area contributed by atoms with Gasteiger partial charge in [0.15, 0.2) is 0 Å². The Bertz CT molecular complexity index is 737. The Labute approximate surface area is 159 Å². The predicted octanol–water partition coefficient (Wildman–Crippen LogP) is 4.35. The predicted molar refractivity (Wildman–Crippen MR) is 102 cm³/mol. The first-order valence-corrected chi connectivity index (χ1v) is 9.42. The zero-order chi connectivity index (χ0) is 19.2. The van der Waals surface area contributed by atoms with Crippen molar-refractivity contribution < 1.29 is 19.0 Å². The van der Waals surface area contributed by atoms with Crippen molar-refractivity contribution in [2.75, 3.05) is 7.11 Å². The van der Waals surface area contributed by atoms with E-state index < -0.39 is 5.97 Å². The first-order valence-electron chi connectivity index (χ1n) is 9.42. The van der Waals surface area contributed by atoms with Gasteiger partial charge in [-0.25, -0.2) is 4.39 Å². The molecule has 0 saturated heterocycles. The van der Waals surface area contributed by atoms with E-state index in [9.17, 15) is 14.3 Å². The molecule has 0 spiro atoms. The van der Waals surface area contributed by atoms with E-state index in [1.54, 1.807) is 7.11 Å². The molecule has 1 unspecified atom stereocenters. The molecule has 0 radical (unpaired) electrons. The van der Waals surface area contributed by atoms with Crippen LogP contribution in [0.4, 0.5) is 4.39 Å². The molecule has 144 valence electrons. The molecule has 27 heavy (non-hydrogen) atoms. The third kappa shape index (κ3) is 5.30. The van der Waals surface area contributed by atoms with Gasteiger partial charge in [0, 0.05) is 12.1 Å². The number of carboxylic acid groups (broad SMARTS) is 1. The van der Waals surface area contributed by atoms with Gasteiger partial charge in [-0.3, -0.25) is 4.79 Å². The van der Waals surface area contributed by atoms with Crippen molar-refractivity contribution in [2.45, 2.75) is 44.2 Å². The third-order valence-corrected chi connectivity index (χ3v) is 5.38. The minimum Gasteiger partial charge on any atom is -0.497 e. The number of carbonyl (C=O) groups is 1. The maximum absolute atomic E-state index is 13.2. The number of rotatable bonds is 7. The number of ether oxygens (including phenoxy) is 1. The number of methoxy groups -OCH3 is 1. The largest absolute Gasteiger partial charge is 0.497 e. The molecule has 1 saturated carbocycles. The highest BCUT2D eigenvalue weighted by Gasteiger charge is 2.27. The summed E-state index contributed by atoms with van der Waals surface area (Å²) in [6.07, 6.45) is 3.86. The lowest BCUT2D eigenvalue weighted by Crippen LogP contribution is -2.38. The molecule has 0 bridgehead atoms. The molecule has 0 aromatic heterocycles. The van der Waals surface area contributed by atoms with E-state index in [0.717, 1.165) is 36.1 Å². The number of hydrogen-bond donors (Lipinski definition) is 2. The van der Waals surface area contributed by atoms with Gasteiger partial charge in [0.1, 0.15) is 11.6 Å². The van der Waals surface area contributed by atoms with Crippen LogP contribution in [0.5, 0.6) is 5.75 Å². The molecule has 0 aliphatic heterocycles. The van der Waals surface area contributed by atoms with Crippen LogP contribution in [0.2, 0.25) is 0 Å². The lowest BCUT2D eigenvalue weighted by molar-refractivity contribution is -0.142. The maximum atomic E-state index is 13.2. The van der Waals surface area contributed by atoms with E-state index in [0.29, 0.717) is 12.8 Å². The van der Waals surface area contributed by atoms with Gasteiger partial charge in [0.25, 0.3) is 0 Å². The van der Waals surface area contributed by atoms with Crippen molar-refractivity contribution in [3.8, 4) is 5.75 Å². The first kappa shape index (κ1) is 19.4. The average molecular weight is 371 g/mol. The zero-order valence-electron chi connectivity index (χ0n) is 15.5. The molecule has 1 atom stereocenters. The highest BCUT2D eigenvalue weighted by atomic mass is 19.1. The lowest BCUT2D eigenvalue weighted by Gasteiger charge is -2.31. The summed E-state index contributed by atoms with van der Waals surface area (Å²) in [4.78, 5) is 11.2. The molecule has 2 aromatic carbocycles. The molecule has 1 aliphatic carbocycles. The summed E-state index contributed by atoms with van der Waals surface area (Å²) in [5.74, 6) is -0.341. The van der Waals surface area contributed by atoms with E-state index in [-0.39, 0.29) is 23.8 Å². The van der Waals surface area contributed by atoms with Gasteiger partial charge in [-0.15, -0.1) is 0 Å². The molecule has 2 aromatic rings. The summed E-state index contributed by atoms with van der Waals surface area (Å²) in [5.41, 5.74) is 2.20. The third-order valence-electron chi connectivity index (χ3n) is 5.38. The minimum absolute atomic E-state index is 0.0766. The average Bonchev–Trinajstić information content (AvgIpc) is 2.69. The van der Waals surface area contributed by atoms with Gasteiger partial charge in [-0.05, 0) is 67.5 Å².